The molecule has 21 heavy (non-hydrogen) atoms. The second-order valence-corrected chi connectivity index (χ2v) is 4.33. The Morgan fingerprint density at radius 2 is 2.00 bits per heavy atom. The molecule has 2 amide bonds. The molecule has 0 aromatic rings. The highest BCUT2D eigenvalue weighted by Crippen LogP contribution is 2.09. The van der Waals surface area contributed by atoms with Gasteiger partial charge < -0.3 is 19.7 Å². The second kappa shape index (κ2) is 8.03. The lowest BCUT2D eigenvalue weighted by atomic mass is 10.1. The minimum absolute atomic E-state index is 0.0355. The molecule has 1 N–H and O–H groups in total. The summed E-state index contributed by atoms with van der Waals surface area (Å²) in [5.41, 5.74) is 0. The van der Waals surface area contributed by atoms with Gasteiger partial charge in [0.05, 0.1) is 13.7 Å². The molecule has 1 aliphatic heterocycles. The fourth-order valence-corrected chi connectivity index (χ4v) is 1.90. The Labute approximate surface area is 122 Å². The number of nitrogens with zero attached hydrogens (tertiary/aromatic N) is 1. The van der Waals surface area contributed by atoms with Crippen molar-refractivity contribution in [2.24, 2.45) is 0 Å². The number of carbonyl (C=O) groups excluding carboxylic acids is 4. The molecule has 0 bridgehead atoms. The molecule has 1 unspecified atom stereocenters. The Balaban J connectivity index is 2.44. The number of esters is 2. The fourth-order valence-electron chi connectivity index (χ4n) is 1.90. The first-order valence-electron chi connectivity index (χ1n) is 6.43. The average Bonchev–Trinajstić information content (AvgIpc) is 2.46. The van der Waals surface area contributed by atoms with Gasteiger partial charge >= 0.3 is 11.9 Å². The van der Waals surface area contributed by atoms with Gasteiger partial charge in [-0.2, -0.15) is 0 Å². The highest BCUT2D eigenvalue weighted by Gasteiger charge is 2.31. The van der Waals surface area contributed by atoms with E-state index in [9.17, 15) is 19.2 Å². The number of piperazine rings is 1. The molecule has 0 spiro atoms. The number of ether oxygens (including phenoxy) is 2. The summed E-state index contributed by atoms with van der Waals surface area (Å²) < 4.78 is 9.19. The molecule has 8 heteroatoms. The van der Waals surface area contributed by atoms with E-state index in [2.05, 4.69) is 10.1 Å². The van der Waals surface area contributed by atoms with Crippen molar-refractivity contribution in [3.63, 3.8) is 0 Å². The molecule has 0 aliphatic carbocycles. The van der Waals surface area contributed by atoms with Crippen molar-refractivity contribution in [2.75, 3.05) is 26.8 Å². The molecule has 1 aliphatic rings. The van der Waals surface area contributed by atoms with Crippen molar-refractivity contribution in [1.82, 2.24) is 10.2 Å². The van der Waals surface area contributed by atoms with E-state index in [1.54, 1.807) is 0 Å². The highest BCUT2D eigenvalue weighted by molar-refractivity contribution is 5.91. The first-order valence-corrected chi connectivity index (χ1v) is 6.43. The second-order valence-electron chi connectivity index (χ2n) is 4.33. The zero-order valence-electron chi connectivity index (χ0n) is 12.0. The van der Waals surface area contributed by atoms with Crippen molar-refractivity contribution < 1.29 is 28.7 Å². The van der Waals surface area contributed by atoms with Crippen LogP contribution in [0.3, 0.4) is 0 Å². The van der Waals surface area contributed by atoms with Gasteiger partial charge in [0.25, 0.3) is 0 Å². The lowest BCUT2D eigenvalue weighted by Gasteiger charge is -2.34. The third-order valence-corrected chi connectivity index (χ3v) is 2.93. The molecular formula is C13H18N2O6. The summed E-state index contributed by atoms with van der Waals surface area (Å²) in [6.45, 7) is 2.20. The summed E-state index contributed by atoms with van der Waals surface area (Å²) in [5, 5.41) is 2.65. The quantitative estimate of drug-likeness (QED) is 0.516. The highest BCUT2D eigenvalue weighted by atomic mass is 16.5. The van der Waals surface area contributed by atoms with Gasteiger partial charge in [-0.3, -0.25) is 9.59 Å². The van der Waals surface area contributed by atoms with Crippen LogP contribution in [0.4, 0.5) is 0 Å². The minimum Gasteiger partial charge on any atom is -0.466 e. The van der Waals surface area contributed by atoms with Gasteiger partial charge in [-0.05, 0) is 0 Å². The van der Waals surface area contributed by atoms with Crippen molar-refractivity contribution in [3.8, 4) is 0 Å². The topological polar surface area (TPSA) is 102 Å². The van der Waals surface area contributed by atoms with Crippen molar-refractivity contribution >= 4 is 23.8 Å². The Kier molecular flexibility index (Phi) is 6.38. The largest absolute Gasteiger partial charge is 0.466 e. The van der Waals surface area contributed by atoms with Crippen LogP contribution < -0.4 is 5.32 Å². The van der Waals surface area contributed by atoms with Gasteiger partial charge in [-0.25, -0.2) is 9.59 Å². The fraction of sp³-hybridized carbons (Fsp3) is 0.538. The van der Waals surface area contributed by atoms with E-state index in [4.69, 9.17) is 4.74 Å². The molecule has 1 atom stereocenters. The van der Waals surface area contributed by atoms with E-state index in [1.807, 2.05) is 0 Å². The zero-order valence-corrected chi connectivity index (χ0v) is 12.0. The van der Waals surface area contributed by atoms with Crippen LogP contribution in [0.25, 0.3) is 0 Å². The van der Waals surface area contributed by atoms with Gasteiger partial charge in [-0.15, -0.1) is 0 Å². The number of hydrogen-bond donors (Lipinski definition) is 1. The lowest BCUT2D eigenvalue weighted by Crippen LogP contribution is -2.57. The van der Waals surface area contributed by atoms with Crippen molar-refractivity contribution in [1.29, 1.82) is 0 Å². The van der Waals surface area contributed by atoms with E-state index in [0.29, 0.717) is 13.1 Å². The number of methoxy groups -OCH3 is 1. The van der Waals surface area contributed by atoms with E-state index >= 15 is 0 Å². The first-order chi connectivity index (χ1) is 9.95. The molecule has 1 fully saturated rings. The predicted octanol–water partition coefficient (Wildman–Crippen LogP) is -1.00. The zero-order chi connectivity index (χ0) is 15.8. The van der Waals surface area contributed by atoms with Crippen LogP contribution in [0, 0.1) is 0 Å². The van der Waals surface area contributed by atoms with Crippen LogP contribution in [0.2, 0.25) is 0 Å². The maximum atomic E-state index is 11.7. The molecule has 8 nitrogen and oxygen atoms in total. The van der Waals surface area contributed by atoms with E-state index in [1.165, 1.54) is 18.9 Å². The van der Waals surface area contributed by atoms with Crippen LogP contribution in [0.5, 0.6) is 0 Å². The third-order valence-electron chi connectivity index (χ3n) is 2.93. The molecule has 0 radical (unpaired) electrons. The summed E-state index contributed by atoms with van der Waals surface area (Å²) in [4.78, 5) is 46.7. The van der Waals surface area contributed by atoms with E-state index < -0.39 is 18.0 Å². The molecule has 116 valence electrons. The van der Waals surface area contributed by atoms with Gasteiger partial charge in [0.1, 0.15) is 6.04 Å². The van der Waals surface area contributed by atoms with Gasteiger partial charge in [0.2, 0.25) is 11.8 Å². The molecule has 0 aromatic carbocycles. The number of carbonyl (C=O) groups is 4. The summed E-state index contributed by atoms with van der Waals surface area (Å²) in [6, 6.07) is -0.645. The Morgan fingerprint density at radius 1 is 1.33 bits per heavy atom. The van der Waals surface area contributed by atoms with E-state index in [0.717, 1.165) is 12.2 Å². The Bertz CT molecular complexity index is 460. The van der Waals surface area contributed by atoms with Gasteiger partial charge in [-0.1, -0.05) is 0 Å². The van der Waals surface area contributed by atoms with Crippen LogP contribution >= 0.6 is 0 Å². The number of hydrogen-bond acceptors (Lipinski definition) is 6. The van der Waals surface area contributed by atoms with Crippen LogP contribution in [0.15, 0.2) is 12.2 Å². The smallest absolute Gasteiger partial charge is 0.331 e. The summed E-state index contributed by atoms with van der Waals surface area (Å²) in [6.07, 6.45) is 2.08. The van der Waals surface area contributed by atoms with Crippen LogP contribution in [-0.4, -0.2) is 61.5 Å². The molecule has 1 saturated heterocycles. The van der Waals surface area contributed by atoms with E-state index in [-0.39, 0.29) is 24.8 Å². The molecule has 0 aromatic heterocycles. The Hall–Kier alpha value is -2.38. The molecule has 0 saturated carbocycles. The standard InChI is InChI=1S/C13H18N2O6/c1-9(16)15-7-6-14-13(19)10(15)5-8-21-12(18)4-3-11(17)20-2/h3-4,10H,5-8H2,1-2H3,(H,14,19)/b4-3+. The summed E-state index contributed by atoms with van der Waals surface area (Å²) in [5.74, 6) is -1.85. The predicted molar refractivity (Wildman–Crippen MR) is 70.9 cm³/mol. The average molecular weight is 298 g/mol. The number of nitrogens with one attached hydrogen (secondary N) is 1. The Morgan fingerprint density at radius 3 is 2.62 bits per heavy atom. The van der Waals surface area contributed by atoms with Crippen molar-refractivity contribution in [3.05, 3.63) is 12.2 Å². The van der Waals surface area contributed by atoms with Gasteiger partial charge in [0, 0.05) is 38.6 Å². The normalized spacial score (nSPS) is 18.3. The SMILES string of the molecule is COC(=O)/C=C/C(=O)OCCC1C(=O)NCCN1C(C)=O. The van der Waals surface area contributed by atoms with Crippen LogP contribution in [-0.2, 0) is 28.7 Å². The first kappa shape index (κ1) is 16.7. The lowest BCUT2D eigenvalue weighted by molar-refractivity contribution is -0.144. The number of amides is 2. The third kappa shape index (κ3) is 5.25. The summed E-state index contributed by atoms with van der Waals surface area (Å²) >= 11 is 0. The molecule has 1 rings (SSSR count). The monoisotopic (exact) mass is 298 g/mol. The van der Waals surface area contributed by atoms with Gasteiger partial charge in [0.15, 0.2) is 0 Å². The van der Waals surface area contributed by atoms with Crippen molar-refractivity contribution in [2.45, 2.75) is 19.4 Å². The minimum atomic E-state index is -0.717. The number of rotatable bonds is 5. The molecule has 1 heterocycles. The maximum Gasteiger partial charge on any atom is 0.331 e. The van der Waals surface area contributed by atoms with Crippen LogP contribution in [0.1, 0.15) is 13.3 Å². The summed E-state index contributed by atoms with van der Waals surface area (Å²) in [7, 11) is 1.19. The molecular weight excluding hydrogens is 280 g/mol. The maximum absolute atomic E-state index is 11.7.